The van der Waals surface area contributed by atoms with Gasteiger partial charge in [0.25, 0.3) is 0 Å². The van der Waals surface area contributed by atoms with Gasteiger partial charge in [0.2, 0.25) is 0 Å². The minimum atomic E-state index is -0.131. The van der Waals surface area contributed by atoms with E-state index in [0.717, 1.165) is 41.8 Å². The summed E-state index contributed by atoms with van der Waals surface area (Å²) in [6.45, 7) is 5.24. The Morgan fingerprint density at radius 3 is 2.75 bits per heavy atom. The molecule has 3 aromatic rings. The average molecular weight is 429 g/mol. The summed E-state index contributed by atoms with van der Waals surface area (Å²) in [5.41, 5.74) is 14.1. The van der Waals surface area contributed by atoms with Gasteiger partial charge in [-0.15, -0.1) is 0 Å². The number of benzene rings is 3. The second kappa shape index (κ2) is 10.0. The third-order valence-corrected chi connectivity index (χ3v) is 6.43. The Morgan fingerprint density at radius 2 is 1.91 bits per heavy atom. The summed E-state index contributed by atoms with van der Waals surface area (Å²) < 4.78 is 5.91. The highest BCUT2D eigenvalue weighted by atomic mass is 16.5. The van der Waals surface area contributed by atoms with Crippen molar-refractivity contribution in [2.45, 2.75) is 52.1 Å². The largest absolute Gasteiger partial charge is 0.493 e. The van der Waals surface area contributed by atoms with Crippen molar-refractivity contribution in [2.24, 2.45) is 5.73 Å². The Balaban J connectivity index is 1.36. The molecule has 3 aromatic carbocycles. The maximum atomic E-state index is 12.8. The number of nitrogens with two attached hydrogens (primary N) is 1. The normalized spacial score (nSPS) is 15.0. The molecule has 0 spiro atoms. The molecule has 1 unspecified atom stereocenters. The number of rotatable bonds is 8. The lowest BCUT2D eigenvalue weighted by molar-refractivity contribution is -0.120. The smallest absolute Gasteiger partial charge is 0.155 e. The number of ketones is 1. The fourth-order valence-electron chi connectivity index (χ4n) is 4.40. The van der Waals surface area contributed by atoms with E-state index in [4.69, 9.17) is 10.5 Å². The number of hydrogen-bond acceptors (Lipinski definition) is 4. The molecule has 1 aliphatic rings. The summed E-state index contributed by atoms with van der Waals surface area (Å²) in [7, 11) is 0. The molecule has 1 atom stereocenters. The van der Waals surface area contributed by atoms with E-state index in [1.165, 1.54) is 22.3 Å². The lowest BCUT2D eigenvalue weighted by Gasteiger charge is -2.28. The summed E-state index contributed by atoms with van der Waals surface area (Å²) in [4.78, 5) is 12.8. The van der Waals surface area contributed by atoms with Crippen LogP contribution in [0.4, 0.5) is 5.69 Å². The topological polar surface area (TPSA) is 64.3 Å². The summed E-state index contributed by atoms with van der Waals surface area (Å²) in [6, 6.07) is 20.6. The number of Topliss-reactive ketones (excluding diaryl/α,β-unsaturated/α-hetero) is 1. The van der Waals surface area contributed by atoms with Crippen LogP contribution in [0.15, 0.2) is 60.7 Å². The first-order chi connectivity index (χ1) is 15.6. The van der Waals surface area contributed by atoms with Gasteiger partial charge >= 0.3 is 0 Å². The van der Waals surface area contributed by atoms with E-state index < -0.39 is 0 Å². The number of ether oxygens (including phenoxy) is 1. The highest BCUT2D eigenvalue weighted by Gasteiger charge is 2.25. The van der Waals surface area contributed by atoms with E-state index in [1.54, 1.807) is 0 Å². The first kappa shape index (κ1) is 22.1. The van der Waals surface area contributed by atoms with Gasteiger partial charge in [0.05, 0.1) is 12.6 Å². The zero-order valence-corrected chi connectivity index (χ0v) is 19.0. The molecule has 0 saturated carbocycles. The van der Waals surface area contributed by atoms with Crippen LogP contribution < -0.4 is 15.8 Å². The lowest BCUT2D eigenvalue weighted by atomic mass is 9.88. The van der Waals surface area contributed by atoms with Crippen molar-refractivity contribution in [3.05, 3.63) is 82.9 Å². The van der Waals surface area contributed by atoms with E-state index in [-0.39, 0.29) is 11.8 Å². The quantitative estimate of drug-likeness (QED) is 0.460. The predicted molar refractivity (Wildman–Crippen MR) is 131 cm³/mol. The van der Waals surface area contributed by atoms with Crippen LogP contribution in [-0.2, 0) is 17.8 Å². The zero-order chi connectivity index (χ0) is 22.5. The summed E-state index contributed by atoms with van der Waals surface area (Å²) in [5.74, 6) is 1.17. The fraction of sp³-hybridized carbons (Fsp3) is 0.321. The number of anilines is 1. The second-order valence-electron chi connectivity index (χ2n) is 8.59. The van der Waals surface area contributed by atoms with Gasteiger partial charge in [-0.05, 0) is 84.7 Å². The summed E-state index contributed by atoms with van der Waals surface area (Å²) >= 11 is 0. The molecule has 1 aliphatic heterocycles. The third kappa shape index (κ3) is 4.86. The highest BCUT2D eigenvalue weighted by Crippen LogP contribution is 2.34. The van der Waals surface area contributed by atoms with Crippen LogP contribution in [0.2, 0.25) is 0 Å². The van der Waals surface area contributed by atoms with Crippen LogP contribution in [0.25, 0.3) is 11.1 Å². The molecule has 1 heterocycles. The molecule has 0 aliphatic carbocycles. The van der Waals surface area contributed by atoms with E-state index in [9.17, 15) is 4.79 Å². The van der Waals surface area contributed by atoms with E-state index >= 15 is 0 Å². The second-order valence-corrected chi connectivity index (χ2v) is 8.59. The molecule has 0 saturated heterocycles. The molecule has 0 aromatic heterocycles. The minimum absolute atomic E-state index is 0.131. The van der Waals surface area contributed by atoms with Crippen LogP contribution in [0.3, 0.4) is 0 Å². The van der Waals surface area contributed by atoms with Crippen molar-refractivity contribution in [1.29, 1.82) is 0 Å². The van der Waals surface area contributed by atoms with Gasteiger partial charge in [0.15, 0.2) is 5.78 Å². The van der Waals surface area contributed by atoms with Crippen molar-refractivity contribution in [3.63, 3.8) is 0 Å². The number of carbonyl (C=O) groups is 1. The number of nitrogens with one attached hydrogen (secondary N) is 1. The van der Waals surface area contributed by atoms with Gasteiger partial charge in [-0.25, -0.2) is 0 Å². The zero-order valence-electron chi connectivity index (χ0n) is 19.0. The van der Waals surface area contributed by atoms with Crippen molar-refractivity contribution >= 4 is 11.5 Å². The van der Waals surface area contributed by atoms with Gasteiger partial charge in [0, 0.05) is 18.7 Å². The van der Waals surface area contributed by atoms with Crippen LogP contribution in [0.5, 0.6) is 5.75 Å². The molecular formula is C28H32N2O2. The van der Waals surface area contributed by atoms with Crippen LogP contribution in [0.1, 0.15) is 41.5 Å². The van der Waals surface area contributed by atoms with Crippen molar-refractivity contribution < 1.29 is 9.53 Å². The third-order valence-electron chi connectivity index (χ3n) is 6.43. The van der Waals surface area contributed by atoms with Crippen LogP contribution in [-0.4, -0.2) is 18.4 Å². The molecule has 32 heavy (non-hydrogen) atoms. The first-order valence-corrected chi connectivity index (χ1v) is 11.5. The number of fused-ring (bicyclic) bond motifs is 1. The number of aryl methyl sites for hydroxylation is 1. The van der Waals surface area contributed by atoms with Gasteiger partial charge in [0.1, 0.15) is 5.75 Å². The van der Waals surface area contributed by atoms with E-state index in [2.05, 4.69) is 67.7 Å². The van der Waals surface area contributed by atoms with Crippen molar-refractivity contribution in [2.75, 3.05) is 11.9 Å². The van der Waals surface area contributed by atoms with Gasteiger partial charge in [-0.2, -0.15) is 0 Å². The standard InChI is InChI=1S/C28H32N2O2/c1-19-7-3-13-28(20(19)2)32-16-6-12-27(31)26-15-14-24-23(10-5-11-25(24)30-26)22-9-4-8-21(17-22)18-29/h3-5,7-11,13,17,26,30H,6,12,14-16,18,29H2,1-2H3. The molecule has 0 amide bonds. The Bertz CT molecular complexity index is 1110. The first-order valence-electron chi connectivity index (χ1n) is 11.5. The molecule has 0 fully saturated rings. The Kier molecular flexibility index (Phi) is 6.91. The highest BCUT2D eigenvalue weighted by molar-refractivity contribution is 5.88. The number of carbonyl (C=O) groups excluding carboxylic acids is 1. The van der Waals surface area contributed by atoms with Crippen molar-refractivity contribution in [1.82, 2.24) is 0 Å². The van der Waals surface area contributed by atoms with Gasteiger partial charge in [-0.3, -0.25) is 4.79 Å². The maximum Gasteiger partial charge on any atom is 0.155 e. The van der Waals surface area contributed by atoms with E-state index in [1.807, 2.05) is 12.1 Å². The maximum absolute atomic E-state index is 12.8. The Hall–Kier alpha value is -3.11. The SMILES string of the molecule is Cc1cccc(OCCCC(=O)C2CCc3c(cccc3-c3cccc(CN)c3)N2)c1C. The van der Waals surface area contributed by atoms with Crippen LogP contribution >= 0.6 is 0 Å². The molecular weight excluding hydrogens is 396 g/mol. The Labute approximate surface area is 190 Å². The molecule has 4 nitrogen and oxygen atoms in total. The minimum Gasteiger partial charge on any atom is -0.493 e. The average Bonchev–Trinajstić information content (AvgIpc) is 2.83. The summed E-state index contributed by atoms with van der Waals surface area (Å²) in [6.07, 6.45) is 2.96. The molecule has 4 rings (SSSR count). The van der Waals surface area contributed by atoms with Crippen LogP contribution in [0, 0.1) is 13.8 Å². The molecule has 3 N–H and O–H groups in total. The fourth-order valence-corrected chi connectivity index (χ4v) is 4.40. The lowest BCUT2D eigenvalue weighted by Crippen LogP contribution is -2.33. The number of hydrogen-bond donors (Lipinski definition) is 2. The van der Waals surface area contributed by atoms with Gasteiger partial charge < -0.3 is 15.8 Å². The molecule has 166 valence electrons. The predicted octanol–water partition coefficient (Wildman–Crippen LogP) is 5.58. The van der Waals surface area contributed by atoms with Crippen molar-refractivity contribution in [3.8, 4) is 16.9 Å². The molecule has 0 bridgehead atoms. The molecule has 4 heteroatoms. The Morgan fingerprint density at radius 1 is 1.09 bits per heavy atom. The summed E-state index contributed by atoms with van der Waals surface area (Å²) in [5, 5.41) is 3.50. The monoisotopic (exact) mass is 428 g/mol. The van der Waals surface area contributed by atoms with E-state index in [0.29, 0.717) is 19.6 Å². The molecule has 0 radical (unpaired) electrons. The van der Waals surface area contributed by atoms with Gasteiger partial charge in [-0.1, -0.05) is 42.5 Å².